The van der Waals surface area contributed by atoms with Crippen LogP contribution in [0.3, 0.4) is 0 Å². The lowest BCUT2D eigenvalue weighted by Crippen LogP contribution is -2.16. The normalized spacial score (nSPS) is 11.6. The maximum atomic E-state index is 12.5. The molecule has 0 fully saturated rings. The molecule has 0 spiro atoms. The number of hydrogen-bond acceptors (Lipinski definition) is 4. The van der Waals surface area contributed by atoms with Crippen LogP contribution in [0.2, 0.25) is 0 Å². The Kier molecular flexibility index (Phi) is 4.17. The summed E-state index contributed by atoms with van der Waals surface area (Å²) in [6.45, 7) is 5.86. The smallest absolute Gasteiger partial charge is 0.263 e. The molecular weight excluding hydrogens is 292 g/mol. The standard InChI is InChI=1S/C14H18N2O2S2/c1-9-4-5-12(10(2)6-9)16-20(17,18)14-11(3)8-19-13(14)7-15/h4-6,8,16H,7,15H2,1-3H3. The van der Waals surface area contributed by atoms with E-state index in [9.17, 15) is 8.42 Å². The van der Waals surface area contributed by atoms with E-state index in [1.165, 1.54) is 11.3 Å². The summed E-state index contributed by atoms with van der Waals surface area (Å²) < 4.78 is 27.7. The molecule has 1 aromatic carbocycles. The largest absolute Gasteiger partial charge is 0.326 e. The number of aryl methyl sites for hydroxylation is 3. The molecule has 2 rings (SSSR count). The second-order valence-electron chi connectivity index (χ2n) is 4.80. The Hall–Kier alpha value is -1.37. The van der Waals surface area contributed by atoms with Gasteiger partial charge >= 0.3 is 0 Å². The molecule has 0 aliphatic carbocycles. The third-order valence-corrected chi connectivity index (χ3v) is 5.92. The maximum absolute atomic E-state index is 12.5. The minimum atomic E-state index is -3.60. The van der Waals surface area contributed by atoms with Gasteiger partial charge in [0.15, 0.2) is 0 Å². The molecule has 20 heavy (non-hydrogen) atoms. The number of anilines is 1. The average molecular weight is 310 g/mol. The Morgan fingerprint density at radius 1 is 1.20 bits per heavy atom. The van der Waals surface area contributed by atoms with Crippen molar-refractivity contribution in [1.29, 1.82) is 0 Å². The highest BCUT2D eigenvalue weighted by atomic mass is 32.2. The zero-order chi connectivity index (χ0) is 14.9. The first-order chi connectivity index (χ1) is 9.35. The SMILES string of the molecule is Cc1ccc(NS(=O)(=O)c2c(C)csc2CN)c(C)c1. The quantitative estimate of drug-likeness (QED) is 0.912. The number of benzene rings is 1. The monoisotopic (exact) mass is 310 g/mol. The van der Waals surface area contributed by atoms with E-state index in [2.05, 4.69) is 4.72 Å². The van der Waals surface area contributed by atoms with Crippen molar-refractivity contribution in [3.8, 4) is 0 Å². The molecule has 0 saturated carbocycles. The lowest BCUT2D eigenvalue weighted by Gasteiger charge is -2.12. The van der Waals surface area contributed by atoms with Gasteiger partial charge in [0, 0.05) is 11.4 Å². The zero-order valence-corrected chi connectivity index (χ0v) is 13.4. The van der Waals surface area contributed by atoms with Crippen molar-refractivity contribution >= 4 is 27.0 Å². The fraction of sp³-hybridized carbons (Fsp3) is 0.286. The number of hydrogen-bond donors (Lipinski definition) is 2. The van der Waals surface area contributed by atoms with Gasteiger partial charge in [-0.3, -0.25) is 4.72 Å². The first-order valence-electron chi connectivity index (χ1n) is 6.22. The van der Waals surface area contributed by atoms with Gasteiger partial charge in [-0.25, -0.2) is 8.42 Å². The first-order valence-corrected chi connectivity index (χ1v) is 8.58. The van der Waals surface area contributed by atoms with E-state index in [0.717, 1.165) is 16.7 Å². The molecule has 1 aromatic heterocycles. The van der Waals surface area contributed by atoms with Gasteiger partial charge in [0.25, 0.3) is 10.0 Å². The Bertz CT molecular complexity index is 734. The molecule has 3 N–H and O–H groups in total. The minimum absolute atomic E-state index is 0.224. The maximum Gasteiger partial charge on any atom is 0.263 e. The minimum Gasteiger partial charge on any atom is -0.326 e. The van der Waals surface area contributed by atoms with Gasteiger partial charge < -0.3 is 5.73 Å². The van der Waals surface area contributed by atoms with Crippen LogP contribution in [0.15, 0.2) is 28.5 Å². The molecule has 1 heterocycles. The highest BCUT2D eigenvalue weighted by Crippen LogP contribution is 2.29. The molecule has 0 aliphatic heterocycles. The van der Waals surface area contributed by atoms with Crippen molar-refractivity contribution in [3.63, 3.8) is 0 Å². The number of sulfonamides is 1. The van der Waals surface area contributed by atoms with Crippen molar-refractivity contribution in [2.75, 3.05) is 4.72 Å². The highest BCUT2D eigenvalue weighted by Gasteiger charge is 2.22. The van der Waals surface area contributed by atoms with E-state index in [4.69, 9.17) is 5.73 Å². The Balaban J connectivity index is 2.43. The van der Waals surface area contributed by atoms with Gasteiger partial charge in [-0.2, -0.15) is 0 Å². The molecular formula is C14H18N2O2S2. The third-order valence-electron chi connectivity index (χ3n) is 3.07. The van der Waals surface area contributed by atoms with Crippen molar-refractivity contribution in [3.05, 3.63) is 45.1 Å². The lowest BCUT2D eigenvalue weighted by atomic mass is 10.1. The molecule has 108 valence electrons. The van der Waals surface area contributed by atoms with E-state index in [0.29, 0.717) is 15.5 Å². The molecule has 6 heteroatoms. The van der Waals surface area contributed by atoms with Crippen LogP contribution in [0.25, 0.3) is 0 Å². The molecule has 0 bridgehead atoms. The number of rotatable bonds is 4. The molecule has 2 aromatic rings. The molecule has 4 nitrogen and oxygen atoms in total. The fourth-order valence-electron chi connectivity index (χ4n) is 2.11. The summed E-state index contributed by atoms with van der Waals surface area (Å²) in [4.78, 5) is 0.990. The number of nitrogens with two attached hydrogens (primary N) is 1. The average Bonchev–Trinajstić information content (AvgIpc) is 2.75. The van der Waals surface area contributed by atoms with E-state index >= 15 is 0 Å². The predicted octanol–water partition coefficient (Wildman–Crippen LogP) is 2.93. The second kappa shape index (κ2) is 5.55. The summed E-state index contributed by atoms with van der Waals surface area (Å²) >= 11 is 1.38. The fourth-order valence-corrected chi connectivity index (χ4v) is 4.95. The van der Waals surface area contributed by atoms with Gasteiger partial charge in [-0.15, -0.1) is 11.3 Å². The van der Waals surface area contributed by atoms with Crippen LogP contribution in [-0.2, 0) is 16.6 Å². The molecule has 0 saturated heterocycles. The number of nitrogens with one attached hydrogen (secondary N) is 1. The van der Waals surface area contributed by atoms with Gasteiger partial charge in [0.1, 0.15) is 4.90 Å². The van der Waals surface area contributed by atoms with E-state index in [1.54, 1.807) is 13.0 Å². The van der Waals surface area contributed by atoms with Crippen LogP contribution in [0.4, 0.5) is 5.69 Å². The van der Waals surface area contributed by atoms with Crippen LogP contribution < -0.4 is 10.5 Å². The van der Waals surface area contributed by atoms with Crippen molar-refractivity contribution < 1.29 is 8.42 Å². The van der Waals surface area contributed by atoms with Gasteiger partial charge in [0.2, 0.25) is 0 Å². The Morgan fingerprint density at radius 3 is 2.50 bits per heavy atom. The summed E-state index contributed by atoms with van der Waals surface area (Å²) in [6, 6.07) is 5.61. The van der Waals surface area contributed by atoms with Crippen molar-refractivity contribution in [2.24, 2.45) is 5.73 Å². The van der Waals surface area contributed by atoms with E-state index < -0.39 is 10.0 Å². The molecule has 0 amide bonds. The van der Waals surface area contributed by atoms with Crippen LogP contribution in [-0.4, -0.2) is 8.42 Å². The molecule has 0 radical (unpaired) electrons. The van der Waals surface area contributed by atoms with Crippen molar-refractivity contribution in [1.82, 2.24) is 0 Å². The van der Waals surface area contributed by atoms with E-state index in [-0.39, 0.29) is 6.54 Å². The van der Waals surface area contributed by atoms with Crippen LogP contribution in [0.1, 0.15) is 21.6 Å². The van der Waals surface area contributed by atoms with Crippen LogP contribution in [0, 0.1) is 20.8 Å². The highest BCUT2D eigenvalue weighted by molar-refractivity contribution is 7.93. The lowest BCUT2D eigenvalue weighted by molar-refractivity contribution is 0.600. The van der Waals surface area contributed by atoms with Crippen LogP contribution in [0.5, 0.6) is 0 Å². The summed E-state index contributed by atoms with van der Waals surface area (Å²) in [6.07, 6.45) is 0. The molecule has 0 atom stereocenters. The Labute approximate surface area is 123 Å². The summed E-state index contributed by atoms with van der Waals surface area (Å²) in [7, 11) is -3.60. The second-order valence-corrected chi connectivity index (χ2v) is 7.38. The Morgan fingerprint density at radius 2 is 1.90 bits per heavy atom. The third kappa shape index (κ3) is 2.87. The van der Waals surface area contributed by atoms with E-state index in [1.807, 2.05) is 31.4 Å². The van der Waals surface area contributed by atoms with Crippen molar-refractivity contribution in [2.45, 2.75) is 32.2 Å². The molecule has 0 aliphatic rings. The topological polar surface area (TPSA) is 72.2 Å². The van der Waals surface area contributed by atoms with Gasteiger partial charge in [0.05, 0.1) is 5.69 Å². The zero-order valence-electron chi connectivity index (χ0n) is 11.7. The summed E-state index contributed by atoms with van der Waals surface area (Å²) in [5.74, 6) is 0. The van der Waals surface area contributed by atoms with Gasteiger partial charge in [-0.1, -0.05) is 17.7 Å². The summed E-state index contributed by atoms with van der Waals surface area (Å²) in [5, 5.41) is 1.82. The van der Waals surface area contributed by atoms with Gasteiger partial charge in [-0.05, 0) is 43.3 Å². The first kappa shape index (κ1) is 15.0. The van der Waals surface area contributed by atoms with Crippen LogP contribution >= 0.6 is 11.3 Å². The predicted molar refractivity (Wildman–Crippen MR) is 83.7 cm³/mol. The molecule has 0 unspecified atom stereocenters. The number of thiophene rings is 1. The summed E-state index contributed by atoms with van der Waals surface area (Å²) in [5.41, 5.74) is 8.95.